The van der Waals surface area contributed by atoms with E-state index in [-0.39, 0.29) is 18.3 Å². The number of hydrogen-bond donors (Lipinski definition) is 1. The van der Waals surface area contributed by atoms with Gasteiger partial charge in [-0.3, -0.25) is 10.1 Å². The Morgan fingerprint density at radius 1 is 1.16 bits per heavy atom. The fraction of sp³-hybridized carbons (Fsp3) is 0.111. The fourth-order valence-corrected chi connectivity index (χ4v) is 3.21. The molecule has 0 aliphatic rings. The average molecular weight is 421 g/mol. The molecule has 4 nitrogen and oxygen atoms in total. The highest BCUT2D eigenvalue weighted by molar-refractivity contribution is 9.10. The number of carbonyl (C=O) groups excluding carboxylic acids is 1. The first kappa shape index (κ1) is 17.6. The van der Waals surface area contributed by atoms with Gasteiger partial charge in [0.05, 0.1) is 0 Å². The number of benzene rings is 2. The number of thiazole rings is 1. The highest BCUT2D eigenvalue weighted by atomic mass is 79.9. The molecular formula is C18H14BrFN2O2S. The Morgan fingerprint density at radius 3 is 2.60 bits per heavy atom. The van der Waals surface area contributed by atoms with Crippen molar-refractivity contribution in [2.45, 2.75) is 6.42 Å². The molecule has 0 saturated carbocycles. The van der Waals surface area contributed by atoms with Crippen LogP contribution in [0.1, 0.15) is 10.4 Å². The number of rotatable bonds is 6. The fourth-order valence-electron chi connectivity index (χ4n) is 2.09. The van der Waals surface area contributed by atoms with Gasteiger partial charge in [0, 0.05) is 22.0 Å². The molecule has 1 aromatic heterocycles. The minimum atomic E-state index is -0.273. The first-order valence-corrected chi connectivity index (χ1v) is 9.07. The number of aromatic nitrogens is 1. The standard InChI is InChI=1S/C18H14BrFN2O2S/c19-13-3-7-15(8-4-13)24-11-17(23)22-18-21-10-16(25-18)9-12-1-5-14(20)6-2-12/h1-8,10H,9,11H2,(H,21,22,23). The number of nitrogens with one attached hydrogen (secondary N) is 1. The van der Waals surface area contributed by atoms with E-state index in [1.54, 1.807) is 30.5 Å². The summed E-state index contributed by atoms with van der Waals surface area (Å²) in [6.07, 6.45) is 2.35. The maximum Gasteiger partial charge on any atom is 0.264 e. The van der Waals surface area contributed by atoms with E-state index in [0.717, 1.165) is 14.9 Å². The summed E-state index contributed by atoms with van der Waals surface area (Å²) in [5.74, 6) is 0.0897. The van der Waals surface area contributed by atoms with Crippen LogP contribution in [-0.2, 0) is 11.2 Å². The molecule has 1 N–H and O–H groups in total. The van der Waals surface area contributed by atoms with Crippen LogP contribution in [-0.4, -0.2) is 17.5 Å². The molecule has 1 heterocycles. The molecule has 0 fully saturated rings. The molecule has 0 radical (unpaired) electrons. The molecular weight excluding hydrogens is 407 g/mol. The second kappa shape index (κ2) is 8.22. The van der Waals surface area contributed by atoms with E-state index < -0.39 is 0 Å². The Bertz CT molecular complexity index is 850. The van der Waals surface area contributed by atoms with Crippen molar-refractivity contribution in [3.8, 4) is 5.75 Å². The summed E-state index contributed by atoms with van der Waals surface area (Å²) in [4.78, 5) is 17.1. The van der Waals surface area contributed by atoms with Crippen LogP contribution in [0.2, 0.25) is 0 Å². The van der Waals surface area contributed by atoms with Crippen LogP contribution in [0.4, 0.5) is 9.52 Å². The molecule has 3 aromatic rings. The largest absolute Gasteiger partial charge is 0.484 e. The van der Waals surface area contributed by atoms with Gasteiger partial charge in [0.15, 0.2) is 11.7 Å². The van der Waals surface area contributed by atoms with Gasteiger partial charge in [-0.05, 0) is 42.0 Å². The zero-order valence-corrected chi connectivity index (χ0v) is 15.4. The van der Waals surface area contributed by atoms with E-state index in [4.69, 9.17) is 4.74 Å². The van der Waals surface area contributed by atoms with Crippen molar-refractivity contribution in [1.82, 2.24) is 4.98 Å². The van der Waals surface area contributed by atoms with E-state index in [1.165, 1.54) is 23.5 Å². The van der Waals surface area contributed by atoms with Crippen LogP contribution >= 0.6 is 27.3 Å². The normalized spacial score (nSPS) is 10.5. The molecule has 0 saturated heterocycles. The summed E-state index contributed by atoms with van der Waals surface area (Å²) in [5.41, 5.74) is 0.987. The molecule has 0 aliphatic heterocycles. The third-order valence-corrected chi connectivity index (χ3v) is 4.72. The summed E-state index contributed by atoms with van der Waals surface area (Å²) in [6.45, 7) is -0.0888. The molecule has 0 bridgehead atoms. The molecule has 3 rings (SSSR count). The Labute approximate surface area is 156 Å². The number of nitrogens with zero attached hydrogens (tertiary/aromatic N) is 1. The third kappa shape index (κ3) is 5.37. The predicted octanol–water partition coefficient (Wildman–Crippen LogP) is 4.65. The van der Waals surface area contributed by atoms with Gasteiger partial charge in [-0.1, -0.05) is 28.1 Å². The lowest BCUT2D eigenvalue weighted by atomic mass is 10.1. The number of hydrogen-bond acceptors (Lipinski definition) is 4. The first-order valence-electron chi connectivity index (χ1n) is 7.46. The highest BCUT2D eigenvalue weighted by Gasteiger charge is 2.08. The smallest absolute Gasteiger partial charge is 0.264 e. The molecule has 1 amide bonds. The van der Waals surface area contributed by atoms with E-state index in [1.807, 2.05) is 12.1 Å². The molecule has 0 spiro atoms. The number of ether oxygens (including phenoxy) is 1. The van der Waals surface area contributed by atoms with Gasteiger partial charge in [-0.25, -0.2) is 9.37 Å². The molecule has 7 heteroatoms. The Morgan fingerprint density at radius 2 is 1.88 bits per heavy atom. The lowest BCUT2D eigenvalue weighted by molar-refractivity contribution is -0.118. The van der Waals surface area contributed by atoms with Gasteiger partial charge >= 0.3 is 0 Å². The van der Waals surface area contributed by atoms with E-state index in [2.05, 4.69) is 26.2 Å². The summed E-state index contributed by atoms with van der Waals surface area (Å²) >= 11 is 4.72. The van der Waals surface area contributed by atoms with E-state index in [0.29, 0.717) is 17.3 Å². The van der Waals surface area contributed by atoms with Crippen LogP contribution < -0.4 is 10.1 Å². The molecule has 128 valence electrons. The van der Waals surface area contributed by atoms with Gasteiger partial charge in [0.1, 0.15) is 11.6 Å². The van der Waals surface area contributed by atoms with Crippen molar-refractivity contribution < 1.29 is 13.9 Å². The number of anilines is 1. The zero-order chi connectivity index (χ0) is 17.6. The second-order valence-electron chi connectivity index (χ2n) is 5.23. The van der Waals surface area contributed by atoms with Gasteiger partial charge in [0.25, 0.3) is 5.91 Å². The van der Waals surface area contributed by atoms with Crippen LogP contribution in [0.3, 0.4) is 0 Å². The quantitative estimate of drug-likeness (QED) is 0.630. The minimum absolute atomic E-state index is 0.0888. The van der Waals surface area contributed by atoms with Crippen LogP contribution in [0.25, 0.3) is 0 Å². The molecule has 0 aliphatic carbocycles. The Kier molecular flexibility index (Phi) is 5.78. The number of amides is 1. The van der Waals surface area contributed by atoms with Crippen molar-refractivity contribution in [3.63, 3.8) is 0 Å². The van der Waals surface area contributed by atoms with Gasteiger partial charge in [0.2, 0.25) is 0 Å². The summed E-state index contributed by atoms with van der Waals surface area (Å²) in [6, 6.07) is 13.6. The minimum Gasteiger partial charge on any atom is -0.484 e. The predicted molar refractivity (Wildman–Crippen MR) is 99.6 cm³/mol. The van der Waals surface area contributed by atoms with Gasteiger partial charge in [-0.2, -0.15) is 0 Å². The summed E-state index contributed by atoms with van der Waals surface area (Å²) in [5, 5.41) is 3.23. The second-order valence-corrected chi connectivity index (χ2v) is 7.26. The van der Waals surface area contributed by atoms with Crippen LogP contribution in [0.5, 0.6) is 5.75 Å². The summed E-state index contributed by atoms with van der Waals surface area (Å²) < 4.78 is 19.3. The number of halogens is 2. The molecule has 25 heavy (non-hydrogen) atoms. The van der Waals surface area contributed by atoms with Crippen molar-refractivity contribution in [2.75, 3.05) is 11.9 Å². The van der Waals surface area contributed by atoms with Crippen LogP contribution in [0, 0.1) is 5.82 Å². The maximum absolute atomic E-state index is 12.9. The first-order chi connectivity index (χ1) is 12.1. The van der Waals surface area contributed by atoms with Crippen molar-refractivity contribution in [2.24, 2.45) is 0 Å². The lowest BCUT2D eigenvalue weighted by Gasteiger charge is -2.05. The van der Waals surface area contributed by atoms with Crippen LogP contribution in [0.15, 0.2) is 59.2 Å². The van der Waals surface area contributed by atoms with Gasteiger partial charge in [-0.15, -0.1) is 11.3 Å². The van der Waals surface area contributed by atoms with E-state index in [9.17, 15) is 9.18 Å². The Balaban J connectivity index is 1.51. The van der Waals surface area contributed by atoms with Crippen molar-refractivity contribution in [3.05, 3.63) is 75.5 Å². The average Bonchev–Trinajstić information content (AvgIpc) is 3.03. The SMILES string of the molecule is O=C(COc1ccc(Br)cc1)Nc1ncc(Cc2ccc(F)cc2)s1. The highest BCUT2D eigenvalue weighted by Crippen LogP contribution is 2.21. The van der Waals surface area contributed by atoms with Gasteiger partial charge < -0.3 is 4.74 Å². The zero-order valence-electron chi connectivity index (χ0n) is 13.0. The molecule has 2 aromatic carbocycles. The van der Waals surface area contributed by atoms with Crippen molar-refractivity contribution in [1.29, 1.82) is 0 Å². The summed E-state index contributed by atoms with van der Waals surface area (Å²) in [7, 11) is 0. The monoisotopic (exact) mass is 420 g/mol. The lowest BCUT2D eigenvalue weighted by Crippen LogP contribution is -2.19. The number of carbonyl (C=O) groups is 1. The Hall–Kier alpha value is -2.25. The van der Waals surface area contributed by atoms with E-state index >= 15 is 0 Å². The third-order valence-electron chi connectivity index (χ3n) is 3.28. The maximum atomic E-state index is 12.9. The molecule has 0 unspecified atom stereocenters. The molecule has 0 atom stereocenters. The topological polar surface area (TPSA) is 51.2 Å². The van der Waals surface area contributed by atoms with Crippen molar-refractivity contribution >= 4 is 38.3 Å².